The van der Waals surface area contributed by atoms with E-state index in [1.54, 1.807) is 5.01 Å². The van der Waals surface area contributed by atoms with Crippen LogP contribution in [-0.4, -0.2) is 18.1 Å². The average Bonchev–Trinajstić information content (AvgIpc) is 1.87. The van der Waals surface area contributed by atoms with Gasteiger partial charge in [0.2, 0.25) is 0 Å². The second kappa shape index (κ2) is 4.17. The van der Waals surface area contributed by atoms with Crippen molar-refractivity contribution in [1.82, 2.24) is 10.3 Å². The fourth-order valence-corrected chi connectivity index (χ4v) is 0.691. The van der Waals surface area contributed by atoms with Gasteiger partial charge in [-0.25, -0.2) is 5.84 Å². The molecular weight excluding hydrogens is 126 g/mol. The lowest BCUT2D eigenvalue weighted by Gasteiger charge is -2.23. The molecule has 60 valence electrons. The molecule has 0 atom stereocenters. The quantitative estimate of drug-likeness (QED) is 0.450. The average molecular weight is 143 g/mol. The van der Waals surface area contributed by atoms with E-state index in [1.165, 1.54) is 0 Å². The first-order chi connectivity index (χ1) is 4.59. The maximum Gasteiger partial charge on any atom is 0.0419 e. The van der Waals surface area contributed by atoms with Crippen LogP contribution in [0.3, 0.4) is 0 Å². The highest BCUT2D eigenvalue weighted by Crippen LogP contribution is 1.99. The van der Waals surface area contributed by atoms with Gasteiger partial charge in [0.1, 0.15) is 0 Å². The van der Waals surface area contributed by atoms with Crippen molar-refractivity contribution in [2.75, 3.05) is 7.05 Å². The molecule has 3 N–H and O–H groups in total. The van der Waals surface area contributed by atoms with E-state index in [9.17, 15) is 0 Å². The molecule has 0 heterocycles. The van der Waals surface area contributed by atoms with Gasteiger partial charge < -0.3 is 10.3 Å². The van der Waals surface area contributed by atoms with Crippen molar-refractivity contribution in [1.29, 1.82) is 0 Å². The van der Waals surface area contributed by atoms with Crippen molar-refractivity contribution in [2.24, 2.45) is 5.84 Å². The van der Waals surface area contributed by atoms with E-state index in [4.69, 9.17) is 5.84 Å². The molecule has 0 aliphatic carbocycles. The third-order valence-electron chi connectivity index (χ3n) is 1.32. The number of hydrogen-bond acceptors (Lipinski definition) is 3. The first-order valence-corrected chi connectivity index (χ1v) is 3.47. The summed E-state index contributed by atoms with van der Waals surface area (Å²) in [7, 11) is 1.86. The van der Waals surface area contributed by atoms with Gasteiger partial charge in [0.05, 0.1) is 0 Å². The molecule has 0 aliphatic heterocycles. The minimum atomic E-state index is 0.351. The van der Waals surface area contributed by atoms with Crippen LogP contribution in [0.2, 0.25) is 0 Å². The highest BCUT2D eigenvalue weighted by molar-refractivity contribution is 4.94. The molecule has 3 heteroatoms. The minimum Gasteiger partial charge on any atom is -0.393 e. The monoisotopic (exact) mass is 143 g/mol. The summed E-state index contributed by atoms with van der Waals surface area (Å²) in [6.45, 7) is 6.07. The van der Waals surface area contributed by atoms with Crippen LogP contribution in [0.1, 0.15) is 20.8 Å². The fraction of sp³-hybridized carbons (Fsp3) is 0.714. The molecule has 0 aromatic carbocycles. The molecule has 0 aromatic rings. The number of nitrogens with one attached hydrogen (secondary N) is 1. The zero-order chi connectivity index (χ0) is 8.15. The van der Waals surface area contributed by atoms with Crippen LogP contribution in [0.15, 0.2) is 11.9 Å². The molecule has 0 rings (SSSR count). The van der Waals surface area contributed by atoms with E-state index in [0.717, 1.165) is 5.70 Å². The maximum atomic E-state index is 5.67. The Bertz CT molecular complexity index is 118. The molecule has 0 aliphatic rings. The Morgan fingerprint density at radius 3 is 2.40 bits per heavy atom. The molecule has 0 fully saturated rings. The van der Waals surface area contributed by atoms with Crippen molar-refractivity contribution in [3.8, 4) is 0 Å². The summed E-state index contributed by atoms with van der Waals surface area (Å²) in [5, 5.41) is 4.64. The maximum absolute atomic E-state index is 5.67. The standard InChI is InChI=1S/C7H17N3/c1-6(2)10(8)7(3)5-9-4/h5-6,9H,8H2,1-4H3/b7-5-. The lowest BCUT2D eigenvalue weighted by molar-refractivity contribution is 0.292. The normalized spacial score (nSPS) is 12.0. The summed E-state index contributed by atoms with van der Waals surface area (Å²) in [5.74, 6) is 5.67. The molecule has 0 saturated carbocycles. The number of rotatable bonds is 3. The summed E-state index contributed by atoms with van der Waals surface area (Å²) in [5.41, 5.74) is 1.04. The molecule has 0 radical (unpaired) electrons. The van der Waals surface area contributed by atoms with Crippen LogP contribution in [-0.2, 0) is 0 Å². The molecule has 10 heavy (non-hydrogen) atoms. The van der Waals surface area contributed by atoms with E-state index in [2.05, 4.69) is 5.32 Å². The van der Waals surface area contributed by atoms with Crippen molar-refractivity contribution in [2.45, 2.75) is 26.8 Å². The summed E-state index contributed by atoms with van der Waals surface area (Å²) >= 11 is 0. The van der Waals surface area contributed by atoms with Gasteiger partial charge in [0, 0.05) is 25.0 Å². The van der Waals surface area contributed by atoms with E-state index in [-0.39, 0.29) is 0 Å². The number of hydrazine groups is 1. The van der Waals surface area contributed by atoms with Crippen molar-refractivity contribution < 1.29 is 0 Å². The number of allylic oxidation sites excluding steroid dienone is 1. The molecule has 0 saturated heterocycles. The van der Waals surface area contributed by atoms with Crippen LogP contribution in [0.5, 0.6) is 0 Å². The predicted molar refractivity (Wildman–Crippen MR) is 44.0 cm³/mol. The third kappa shape index (κ3) is 2.73. The molecule has 0 amide bonds. The number of nitrogens with zero attached hydrogens (tertiary/aromatic N) is 1. The first kappa shape index (κ1) is 9.30. The van der Waals surface area contributed by atoms with E-state index in [0.29, 0.717) is 6.04 Å². The highest BCUT2D eigenvalue weighted by atomic mass is 15.4. The Morgan fingerprint density at radius 2 is 2.10 bits per heavy atom. The van der Waals surface area contributed by atoms with Gasteiger partial charge in [0.25, 0.3) is 0 Å². The summed E-state index contributed by atoms with van der Waals surface area (Å²) in [4.78, 5) is 0. The van der Waals surface area contributed by atoms with Gasteiger partial charge in [-0.05, 0) is 20.8 Å². The summed E-state index contributed by atoms with van der Waals surface area (Å²) < 4.78 is 0. The second-order valence-corrected chi connectivity index (χ2v) is 2.58. The Balaban J connectivity index is 3.93. The Morgan fingerprint density at radius 1 is 1.60 bits per heavy atom. The van der Waals surface area contributed by atoms with Crippen LogP contribution in [0.25, 0.3) is 0 Å². The third-order valence-corrected chi connectivity index (χ3v) is 1.32. The lowest BCUT2D eigenvalue weighted by Crippen LogP contribution is -2.36. The van der Waals surface area contributed by atoms with Gasteiger partial charge in [0.15, 0.2) is 0 Å². The summed E-state index contributed by atoms with van der Waals surface area (Å²) in [6, 6.07) is 0.351. The van der Waals surface area contributed by atoms with E-state index in [1.807, 2.05) is 34.0 Å². The Kier molecular flexibility index (Phi) is 3.88. The Labute approximate surface area is 62.9 Å². The van der Waals surface area contributed by atoms with Gasteiger partial charge >= 0.3 is 0 Å². The molecular formula is C7H17N3. The zero-order valence-corrected chi connectivity index (χ0v) is 7.18. The van der Waals surface area contributed by atoms with Crippen molar-refractivity contribution in [3.05, 3.63) is 11.9 Å². The lowest BCUT2D eigenvalue weighted by atomic mass is 10.3. The molecule has 0 spiro atoms. The number of nitrogens with two attached hydrogens (primary N) is 1. The van der Waals surface area contributed by atoms with Gasteiger partial charge in [-0.1, -0.05) is 0 Å². The van der Waals surface area contributed by atoms with Crippen LogP contribution in [0, 0.1) is 0 Å². The minimum absolute atomic E-state index is 0.351. The molecule has 0 aromatic heterocycles. The fourth-order valence-electron chi connectivity index (χ4n) is 0.691. The second-order valence-electron chi connectivity index (χ2n) is 2.58. The van der Waals surface area contributed by atoms with Gasteiger partial charge in [-0.3, -0.25) is 0 Å². The van der Waals surface area contributed by atoms with Crippen molar-refractivity contribution in [3.63, 3.8) is 0 Å². The van der Waals surface area contributed by atoms with Crippen LogP contribution in [0.4, 0.5) is 0 Å². The number of hydrogen-bond donors (Lipinski definition) is 2. The van der Waals surface area contributed by atoms with E-state index >= 15 is 0 Å². The SMILES string of the molecule is CN/C=C(/C)N(N)C(C)C. The highest BCUT2D eigenvalue weighted by Gasteiger charge is 2.02. The van der Waals surface area contributed by atoms with Crippen LogP contribution < -0.4 is 11.2 Å². The Hall–Kier alpha value is -0.700. The largest absolute Gasteiger partial charge is 0.393 e. The molecule has 0 bridgehead atoms. The van der Waals surface area contributed by atoms with Gasteiger partial charge in [-0.2, -0.15) is 0 Å². The first-order valence-electron chi connectivity index (χ1n) is 3.47. The topological polar surface area (TPSA) is 41.3 Å². The van der Waals surface area contributed by atoms with Crippen LogP contribution >= 0.6 is 0 Å². The smallest absolute Gasteiger partial charge is 0.0419 e. The van der Waals surface area contributed by atoms with E-state index < -0.39 is 0 Å². The molecule has 0 unspecified atom stereocenters. The summed E-state index contributed by atoms with van der Waals surface area (Å²) in [6.07, 6.45) is 1.88. The van der Waals surface area contributed by atoms with Crippen molar-refractivity contribution >= 4 is 0 Å². The molecule has 3 nitrogen and oxygen atoms in total. The predicted octanol–water partition coefficient (Wildman–Crippen LogP) is 0.651. The van der Waals surface area contributed by atoms with Gasteiger partial charge in [-0.15, -0.1) is 0 Å². The zero-order valence-electron chi connectivity index (χ0n) is 7.18.